The van der Waals surface area contributed by atoms with Crippen LogP contribution in [0.4, 0.5) is 18.9 Å². The van der Waals surface area contributed by atoms with Crippen LogP contribution in [-0.2, 0) is 15.8 Å². The summed E-state index contributed by atoms with van der Waals surface area (Å²) in [5.74, 6) is -0.683. The molecule has 0 saturated carbocycles. The molecule has 0 aromatic heterocycles. The number of carbonyl (C=O) groups is 2. The first kappa shape index (κ1) is 26.4. The number of piperazine rings is 1. The zero-order valence-corrected chi connectivity index (χ0v) is 21.1. The van der Waals surface area contributed by atoms with Crippen LogP contribution in [0, 0.1) is 0 Å². The molecule has 7 nitrogen and oxygen atoms in total. The Bertz CT molecular complexity index is 1300. The number of nitrogens with zero attached hydrogens (tertiary/aromatic N) is 3. The number of carbonyl (C=O) groups excluding carboxylic acids is 2. The van der Waals surface area contributed by atoms with E-state index in [0.717, 1.165) is 12.1 Å². The molecular weight excluding hydrogens is 507 g/mol. The summed E-state index contributed by atoms with van der Waals surface area (Å²) in [6.45, 7) is 2.56. The molecule has 0 bridgehead atoms. The van der Waals surface area contributed by atoms with Crippen molar-refractivity contribution in [2.75, 3.05) is 31.5 Å². The van der Waals surface area contributed by atoms with Gasteiger partial charge >= 0.3 is 6.18 Å². The van der Waals surface area contributed by atoms with Crippen LogP contribution in [0.1, 0.15) is 29.2 Å². The molecule has 5 rings (SSSR count). The molecule has 0 spiro atoms. The number of anilines is 1. The van der Waals surface area contributed by atoms with Crippen molar-refractivity contribution in [3.8, 4) is 0 Å². The minimum atomic E-state index is -4.53. The Hall–Kier alpha value is -4.18. The molecule has 0 aliphatic carbocycles. The van der Waals surface area contributed by atoms with Gasteiger partial charge < -0.3 is 10.2 Å². The van der Waals surface area contributed by atoms with Crippen LogP contribution in [0.2, 0.25) is 0 Å². The fraction of sp³-hybridized carbons (Fsp3) is 0.276. The van der Waals surface area contributed by atoms with E-state index in [0.29, 0.717) is 32.1 Å². The van der Waals surface area contributed by atoms with Crippen LogP contribution in [0.15, 0.2) is 89.9 Å². The number of aliphatic imine (C=N–C) groups is 1. The summed E-state index contributed by atoms with van der Waals surface area (Å²) in [7, 11) is 0. The van der Waals surface area contributed by atoms with E-state index >= 15 is 0 Å². The molecular formula is C29H28F3N5O2. The zero-order chi connectivity index (χ0) is 27.4. The average Bonchev–Trinajstić information content (AvgIpc) is 2.94. The lowest BCUT2D eigenvalue weighted by molar-refractivity contribution is -0.137. The molecule has 2 heterocycles. The summed E-state index contributed by atoms with van der Waals surface area (Å²) >= 11 is 0. The molecule has 2 aliphatic rings. The summed E-state index contributed by atoms with van der Waals surface area (Å²) in [5.41, 5.74) is 1.51. The van der Waals surface area contributed by atoms with Gasteiger partial charge in [-0.25, -0.2) is 4.99 Å². The number of alkyl halides is 3. The maximum Gasteiger partial charge on any atom is 0.416 e. The summed E-state index contributed by atoms with van der Waals surface area (Å²) in [6.07, 6.45) is -4.71. The van der Waals surface area contributed by atoms with Gasteiger partial charge in [-0.3, -0.25) is 19.8 Å². The Kier molecular flexibility index (Phi) is 7.65. The zero-order valence-electron chi connectivity index (χ0n) is 21.1. The molecule has 39 heavy (non-hydrogen) atoms. The Balaban J connectivity index is 1.28. The van der Waals surface area contributed by atoms with Crippen molar-refractivity contribution >= 4 is 23.5 Å². The molecule has 1 atom stereocenters. The number of nitrogens with one attached hydrogen (secondary N) is 2. The van der Waals surface area contributed by atoms with Gasteiger partial charge in [0.2, 0.25) is 17.8 Å². The van der Waals surface area contributed by atoms with E-state index in [4.69, 9.17) is 0 Å². The standard InChI is InChI=1S/C29H28F3N5O2/c30-29(31,32)22-12-7-13-23(18-22)33-27(39)24-19-25(38)35-28(34-24)37-16-14-36(15-17-37)26(20-8-3-1-4-9-20)21-10-5-2-6-11-21/h1-13,18,24,26H,14-17,19H2,(H,33,39)(H,34,35,38). The SMILES string of the molecule is O=C1CC(C(=O)Nc2cccc(C(F)(F)F)c2)N=C(N2CCN(C(c3ccccc3)c3ccccc3)CC2)N1. The maximum atomic E-state index is 13.0. The summed E-state index contributed by atoms with van der Waals surface area (Å²) < 4.78 is 39.1. The van der Waals surface area contributed by atoms with Gasteiger partial charge in [-0.1, -0.05) is 66.7 Å². The van der Waals surface area contributed by atoms with E-state index in [1.54, 1.807) is 0 Å². The van der Waals surface area contributed by atoms with E-state index in [1.807, 2.05) is 41.3 Å². The number of guanidine groups is 1. The Morgan fingerprint density at radius 2 is 1.51 bits per heavy atom. The normalized spacial score (nSPS) is 18.5. The highest BCUT2D eigenvalue weighted by molar-refractivity contribution is 6.06. The van der Waals surface area contributed by atoms with E-state index < -0.39 is 23.7 Å². The highest BCUT2D eigenvalue weighted by Crippen LogP contribution is 2.31. The van der Waals surface area contributed by atoms with Gasteiger partial charge in [0, 0.05) is 31.9 Å². The molecule has 10 heteroatoms. The Morgan fingerprint density at radius 3 is 2.10 bits per heavy atom. The largest absolute Gasteiger partial charge is 0.416 e. The van der Waals surface area contributed by atoms with Gasteiger partial charge in [-0.05, 0) is 29.3 Å². The first-order valence-electron chi connectivity index (χ1n) is 12.7. The third kappa shape index (κ3) is 6.28. The minimum Gasteiger partial charge on any atom is -0.340 e. The number of benzene rings is 3. The first-order valence-corrected chi connectivity index (χ1v) is 12.7. The number of hydrogen-bond donors (Lipinski definition) is 2. The van der Waals surface area contributed by atoms with Crippen LogP contribution in [-0.4, -0.2) is 59.8 Å². The predicted octanol–water partition coefficient (Wildman–Crippen LogP) is 4.30. The van der Waals surface area contributed by atoms with Crippen LogP contribution in [0.5, 0.6) is 0 Å². The first-order chi connectivity index (χ1) is 18.8. The molecule has 0 radical (unpaired) electrons. The van der Waals surface area contributed by atoms with Crippen molar-refractivity contribution in [2.45, 2.75) is 24.7 Å². The van der Waals surface area contributed by atoms with Crippen LogP contribution in [0.3, 0.4) is 0 Å². The van der Waals surface area contributed by atoms with Crippen molar-refractivity contribution in [2.24, 2.45) is 4.99 Å². The van der Waals surface area contributed by atoms with Crippen molar-refractivity contribution in [3.63, 3.8) is 0 Å². The second-order valence-corrected chi connectivity index (χ2v) is 9.54. The number of halogens is 3. The second-order valence-electron chi connectivity index (χ2n) is 9.54. The molecule has 2 amide bonds. The number of amides is 2. The third-order valence-corrected chi connectivity index (χ3v) is 6.88. The van der Waals surface area contributed by atoms with Crippen molar-refractivity contribution < 1.29 is 22.8 Å². The Morgan fingerprint density at radius 1 is 0.897 bits per heavy atom. The molecule has 3 aromatic carbocycles. The lowest BCUT2D eigenvalue weighted by atomic mass is 9.96. The maximum absolute atomic E-state index is 13.0. The predicted molar refractivity (Wildman–Crippen MR) is 142 cm³/mol. The summed E-state index contributed by atoms with van der Waals surface area (Å²) in [4.78, 5) is 34.1. The quantitative estimate of drug-likeness (QED) is 0.511. The summed E-state index contributed by atoms with van der Waals surface area (Å²) in [5, 5.41) is 5.23. The van der Waals surface area contributed by atoms with Crippen molar-refractivity contribution in [1.82, 2.24) is 15.1 Å². The highest BCUT2D eigenvalue weighted by atomic mass is 19.4. The molecule has 202 valence electrons. The van der Waals surface area contributed by atoms with E-state index in [1.165, 1.54) is 23.3 Å². The van der Waals surface area contributed by atoms with Gasteiger partial charge in [0.05, 0.1) is 18.0 Å². The van der Waals surface area contributed by atoms with Crippen LogP contribution >= 0.6 is 0 Å². The minimum absolute atomic E-state index is 0.000892. The van der Waals surface area contributed by atoms with E-state index in [9.17, 15) is 22.8 Å². The van der Waals surface area contributed by atoms with E-state index in [-0.39, 0.29) is 24.1 Å². The lowest BCUT2D eigenvalue weighted by Crippen LogP contribution is -2.56. The molecule has 2 N–H and O–H groups in total. The topological polar surface area (TPSA) is 77.0 Å². The lowest BCUT2D eigenvalue weighted by Gasteiger charge is -2.41. The van der Waals surface area contributed by atoms with Gasteiger partial charge in [0.15, 0.2) is 0 Å². The van der Waals surface area contributed by atoms with Crippen molar-refractivity contribution in [3.05, 3.63) is 102 Å². The molecule has 3 aromatic rings. The smallest absolute Gasteiger partial charge is 0.340 e. The van der Waals surface area contributed by atoms with Crippen LogP contribution in [0.25, 0.3) is 0 Å². The molecule has 1 saturated heterocycles. The molecule has 1 fully saturated rings. The van der Waals surface area contributed by atoms with Gasteiger partial charge in [-0.2, -0.15) is 13.2 Å². The molecule has 1 unspecified atom stereocenters. The molecule has 2 aliphatic heterocycles. The monoisotopic (exact) mass is 535 g/mol. The second kappa shape index (κ2) is 11.3. The number of hydrogen-bond acceptors (Lipinski definition) is 5. The van der Waals surface area contributed by atoms with E-state index in [2.05, 4.69) is 44.8 Å². The summed E-state index contributed by atoms with van der Waals surface area (Å²) in [6, 6.07) is 24.0. The fourth-order valence-electron chi connectivity index (χ4n) is 4.96. The van der Waals surface area contributed by atoms with Gasteiger partial charge in [0.1, 0.15) is 6.04 Å². The third-order valence-electron chi connectivity index (χ3n) is 6.88. The van der Waals surface area contributed by atoms with Gasteiger partial charge in [-0.15, -0.1) is 0 Å². The fourth-order valence-corrected chi connectivity index (χ4v) is 4.96. The van der Waals surface area contributed by atoms with Crippen molar-refractivity contribution in [1.29, 1.82) is 0 Å². The van der Waals surface area contributed by atoms with Crippen LogP contribution < -0.4 is 10.6 Å². The average molecular weight is 536 g/mol. The Labute approximate surface area is 224 Å². The highest BCUT2D eigenvalue weighted by Gasteiger charge is 2.33. The number of rotatable bonds is 5. The van der Waals surface area contributed by atoms with Gasteiger partial charge in [0.25, 0.3) is 0 Å².